The minimum Gasteiger partial charge on any atom is -0.368 e. The van der Waals surface area contributed by atoms with Crippen molar-refractivity contribution in [1.29, 1.82) is 0 Å². The molecule has 0 spiro atoms. The summed E-state index contributed by atoms with van der Waals surface area (Å²) in [5, 5.41) is 0.280. The Balaban J connectivity index is 1.69. The first-order chi connectivity index (χ1) is 9.94. The van der Waals surface area contributed by atoms with E-state index >= 15 is 0 Å². The fraction of sp³-hybridized carbons (Fsp3) is 0.615. The summed E-state index contributed by atoms with van der Waals surface area (Å²) in [6, 6.07) is 0. The molecule has 1 saturated heterocycles. The van der Waals surface area contributed by atoms with E-state index in [1.54, 1.807) is 6.33 Å². The molecule has 0 aliphatic carbocycles. The third kappa shape index (κ3) is 3.09. The molecular formula is C13H18ClN5O2. The van der Waals surface area contributed by atoms with Crippen LogP contribution in [0.25, 0.3) is 11.2 Å². The van der Waals surface area contributed by atoms with Crippen LogP contribution in [0.15, 0.2) is 6.33 Å². The predicted molar refractivity (Wildman–Crippen MR) is 78.8 cm³/mol. The molecular weight excluding hydrogens is 294 g/mol. The van der Waals surface area contributed by atoms with Crippen LogP contribution in [0, 0.1) is 5.92 Å². The number of imidazole rings is 1. The van der Waals surface area contributed by atoms with Gasteiger partial charge in [-0.2, -0.15) is 9.97 Å². The maximum absolute atomic E-state index is 6.01. The fourth-order valence-corrected chi connectivity index (χ4v) is 2.52. The Morgan fingerprint density at radius 2 is 2.10 bits per heavy atom. The number of ether oxygens (including phenoxy) is 2. The van der Waals surface area contributed by atoms with E-state index in [1.807, 2.05) is 18.4 Å². The highest BCUT2D eigenvalue weighted by Gasteiger charge is 2.28. The number of hydrogen-bond acceptors (Lipinski definition) is 6. The van der Waals surface area contributed by atoms with E-state index in [1.165, 1.54) is 0 Å². The summed E-state index contributed by atoms with van der Waals surface area (Å²) in [4.78, 5) is 12.3. The molecule has 3 rings (SSSR count). The van der Waals surface area contributed by atoms with Crippen molar-refractivity contribution in [3.8, 4) is 0 Å². The molecule has 21 heavy (non-hydrogen) atoms. The number of anilines is 1. The van der Waals surface area contributed by atoms with Gasteiger partial charge in [-0.05, 0) is 20.3 Å². The Hall–Kier alpha value is -1.44. The fourth-order valence-electron chi connectivity index (χ4n) is 2.30. The highest BCUT2D eigenvalue weighted by Crippen LogP contribution is 2.24. The molecule has 1 aliphatic heterocycles. The SMILES string of the molecule is CC1(C)OCC(CCn2cnc3c(Cl)nc(N)nc32)CO1. The number of fused-ring (bicyclic) bond motifs is 1. The van der Waals surface area contributed by atoms with E-state index < -0.39 is 5.79 Å². The van der Waals surface area contributed by atoms with E-state index in [0.717, 1.165) is 13.0 Å². The summed E-state index contributed by atoms with van der Waals surface area (Å²) in [6.45, 7) is 5.98. The third-order valence-electron chi connectivity index (χ3n) is 3.55. The molecule has 2 N–H and O–H groups in total. The lowest BCUT2D eigenvalue weighted by Crippen LogP contribution is -2.39. The van der Waals surface area contributed by atoms with Gasteiger partial charge in [0.05, 0.1) is 19.5 Å². The first-order valence-electron chi connectivity index (χ1n) is 6.86. The lowest BCUT2D eigenvalue weighted by Gasteiger charge is -2.35. The van der Waals surface area contributed by atoms with Crippen LogP contribution >= 0.6 is 11.6 Å². The first-order valence-corrected chi connectivity index (χ1v) is 7.24. The molecule has 114 valence electrons. The molecule has 0 bridgehead atoms. The van der Waals surface area contributed by atoms with E-state index in [4.69, 9.17) is 26.8 Å². The van der Waals surface area contributed by atoms with Crippen LogP contribution in [0.3, 0.4) is 0 Å². The zero-order valence-corrected chi connectivity index (χ0v) is 12.8. The average molecular weight is 312 g/mol. The zero-order chi connectivity index (χ0) is 15.0. The smallest absolute Gasteiger partial charge is 0.223 e. The Bertz CT molecular complexity index is 647. The van der Waals surface area contributed by atoms with Crippen LogP contribution in [0.4, 0.5) is 5.95 Å². The molecule has 1 fully saturated rings. The van der Waals surface area contributed by atoms with E-state index in [0.29, 0.717) is 30.3 Å². The lowest BCUT2D eigenvalue weighted by atomic mass is 10.1. The number of aromatic nitrogens is 4. The second-order valence-corrected chi connectivity index (χ2v) is 6.02. The maximum atomic E-state index is 6.01. The number of nitrogens with two attached hydrogens (primary N) is 1. The van der Waals surface area contributed by atoms with Crippen LogP contribution in [0.2, 0.25) is 5.15 Å². The highest BCUT2D eigenvalue weighted by molar-refractivity contribution is 6.33. The van der Waals surface area contributed by atoms with Gasteiger partial charge in [-0.15, -0.1) is 0 Å². The summed E-state index contributed by atoms with van der Waals surface area (Å²) >= 11 is 6.01. The van der Waals surface area contributed by atoms with E-state index in [-0.39, 0.29) is 11.1 Å². The molecule has 2 aromatic heterocycles. The number of nitrogen functional groups attached to an aromatic ring is 1. The topological polar surface area (TPSA) is 88.1 Å². The van der Waals surface area contributed by atoms with E-state index in [2.05, 4.69) is 15.0 Å². The number of halogens is 1. The number of rotatable bonds is 3. The minimum atomic E-state index is -0.479. The predicted octanol–water partition coefficient (Wildman–Crippen LogP) is 1.85. The van der Waals surface area contributed by atoms with Gasteiger partial charge in [0, 0.05) is 12.5 Å². The molecule has 0 unspecified atom stereocenters. The monoisotopic (exact) mass is 311 g/mol. The molecule has 7 nitrogen and oxygen atoms in total. The Labute approximate surface area is 127 Å². The summed E-state index contributed by atoms with van der Waals surface area (Å²) < 4.78 is 13.2. The van der Waals surface area contributed by atoms with Crippen molar-refractivity contribution in [2.45, 2.75) is 32.6 Å². The standard InChI is InChI=1S/C13H18ClN5O2/c1-13(2)20-5-8(6-21-13)3-4-19-7-16-9-10(14)17-12(15)18-11(9)19/h7-8H,3-6H2,1-2H3,(H2,15,17,18). The maximum Gasteiger partial charge on any atom is 0.223 e. The van der Waals surface area contributed by atoms with Gasteiger partial charge in [0.1, 0.15) is 5.52 Å². The van der Waals surface area contributed by atoms with Crippen molar-refractivity contribution >= 4 is 28.7 Å². The summed E-state index contributed by atoms with van der Waals surface area (Å²) in [7, 11) is 0. The first kappa shape index (κ1) is 14.5. The molecule has 0 atom stereocenters. The normalized spacial score (nSPS) is 19.2. The van der Waals surface area contributed by atoms with Crippen molar-refractivity contribution < 1.29 is 9.47 Å². The van der Waals surface area contributed by atoms with Crippen molar-refractivity contribution in [2.75, 3.05) is 18.9 Å². The number of hydrogen-bond donors (Lipinski definition) is 1. The Morgan fingerprint density at radius 3 is 2.81 bits per heavy atom. The lowest BCUT2D eigenvalue weighted by molar-refractivity contribution is -0.262. The quantitative estimate of drug-likeness (QED) is 0.870. The van der Waals surface area contributed by atoms with Gasteiger partial charge in [0.15, 0.2) is 16.6 Å². The van der Waals surface area contributed by atoms with Gasteiger partial charge in [-0.3, -0.25) is 0 Å². The van der Waals surface area contributed by atoms with Crippen LogP contribution in [0.1, 0.15) is 20.3 Å². The summed E-state index contributed by atoms with van der Waals surface area (Å²) in [5.41, 5.74) is 6.86. The van der Waals surface area contributed by atoms with Gasteiger partial charge < -0.3 is 19.8 Å². The zero-order valence-electron chi connectivity index (χ0n) is 12.0. The molecule has 8 heteroatoms. The molecule has 2 aromatic rings. The van der Waals surface area contributed by atoms with Crippen molar-refractivity contribution in [2.24, 2.45) is 5.92 Å². The van der Waals surface area contributed by atoms with Gasteiger partial charge in [0.25, 0.3) is 0 Å². The molecule has 0 aromatic carbocycles. The van der Waals surface area contributed by atoms with Crippen LogP contribution in [-0.2, 0) is 16.0 Å². The second kappa shape index (κ2) is 5.40. The van der Waals surface area contributed by atoms with Crippen molar-refractivity contribution in [3.63, 3.8) is 0 Å². The van der Waals surface area contributed by atoms with Crippen LogP contribution < -0.4 is 5.73 Å². The second-order valence-electron chi connectivity index (χ2n) is 5.66. The summed E-state index contributed by atoms with van der Waals surface area (Å²) in [5.74, 6) is 0.0263. The van der Waals surface area contributed by atoms with Crippen LogP contribution in [-0.4, -0.2) is 38.5 Å². The van der Waals surface area contributed by atoms with Crippen molar-refractivity contribution in [1.82, 2.24) is 19.5 Å². The number of aryl methyl sites for hydroxylation is 1. The van der Waals surface area contributed by atoms with E-state index in [9.17, 15) is 0 Å². The largest absolute Gasteiger partial charge is 0.368 e. The Kier molecular flexibility index (Phi) is 3.73. The molecule has 0 amide bonds. The minimum absolute atomic E-state index is 0.153. The third-order valence-corrected chi connectivity index (χ3v) is 3.81. The number of nitrogens with zero attached hydrogens (tertiary/aromatic N) is 4. The molecule has 0 saturated carbocycles. The molecule has 3 heterocycles. The Morgan fingerprint density at radius 1 is 1.38 bits per heavy atom. The molecule has 0 radical (unpaired) electrons. The highest BCUT2D eigenvalue weighted by atomic mass is 35.5. The van der Waals surface area contributed by atoms with Gasteiger partial charge >= 0.3 is 0 Å². The van der Waals surface area contributed by atoms with Gasteiger partial charge in [-0.25, -0.2) is 4.98 Å². The molecule has 1 aliphatic rings. The summed E-state index contributed by atoms with van der Waals surface area (Å²) in [6.07, 6.45) is 2.61. The van der Waals surface area contributed by atoms with Crippen LogP contribution in [0.5, 0.6) is 0 Å². The van der Waals surface area contributed by atoms with Gasteiger partial charge in [0.2, 0.25) is 5.95 Å². The van der Waals surface area contributed by atoms with Crippen molar-refractivity contribution in [3.05, 3.63) is 11.5 Å². The van der Waals surface area contributed by atoms with Gasteiger partial charge in [-0.1, -0.05) is 11.6 Å². The average Bonchev–Trinajstić information content (AvgIpc) is 2.81.